The van der Waals surface area contributed by atoms with Crippen LogP contribution in [0, 0.1) is 11.3 Å². The zero-order valence-corrected chi connectivity index (χ0v) is 13.8. The van der Waals surface area contributed by atoms with Crippen LogP contribution >= 0.6 is 11.6 Å². The van der Waals surface area contributed by atoms with Crippen LogP contribution < -0.4 is 10.9 Å². The van der Waals surface area contributed by atoms with E-state index in [1.165, 1.54) is 13.3 Å². The van der Waals surface area contributed by atoms with Gasteiger partial charge in [0.1, 0.15) is 11.6 Å². The van der Waals surface area contributed by atoms with Crippen molar-refractivity contribution >= 4 is 23.3 Å². The van der Waals surface area contributed by atoms with Gasteiger partial charge in [0.05, 0.1) is 19.0 Å². The van der Waals surface area contributed by atoms with Gasteiger partial charge in [0.2, 0.25) is 0 Å². The van der Waals surface area contributed by atoms with E-state index >= 15 is 0 Å². The molecule has 1 N–H and O–H groups in total. The van der Waals surface area contributed by atoms with Crippen LogP contribution in [0.4, 0.5) is 5.69 Å². The molecule has 1 rings (SSSR count). The minimum Gasteiger partial charge on any atom is -0.468 e. The molecular formula is C14H22ClN3O3. The highest BCUT2D eigenvalue weighted by atomic mass is 35.5. The van der Waals surface area contributed by atoms with Crippen LogP contribution in [0.1, 0.15) is 27.7 Å². The maximum absolute atomic E-state index is 12.0. The maximum atomic E-state index is 12.0. The quantitative estimate of drug-likeness (QED) is 0.843. The number of ether oxygens (including phenoxy) is 1. The molecule has 0 spiro atoms. The number of anilines is 1. The van der Waals surface area contributed by atoms with E-state index in [-0.39, 0.29) is 17.0 Å². The van der Waals surface area contributed by atoms with Gasteiger partial charge in [-0.2, -0.15) is 5.10 Å². The van der Waals surface area contributed by atoms with Crippen molar-refractivity contribution in [2.45, 2.75) is 34.2 Å². The Morgan fingerprint density at radius 1 is 1.52 bits per heavy atom. The Bertz CT molecular complexity index is 564. The van der Waals surface area contributed by atoms with Gasteiger partial charge in [-0.3, -0.25) is 9.59 Å². The first-order chi connectivity index (χ1) is 9.66. The Labute approximate surface area is 129 Å². The summed E-state index contributed by atoms with van der Waals surface area (Å²) < 4.78 is 5.48. The second-order valence-electron chi connectivity index (χ2n) is 6.06. The van der Waals surface area contributed by atoms with E-state index in [0.29, 0.717) is 18.2 Å². The number of carbonyl (C=O) groups is 1. The smallest absolute Gasteiger partial charge is 0.327 e. The number of hydrogen-bond acceptors (Lipinski definition) is 5. The normalized spacial score (nSPS) is 12.9. The second kappa shape index (κ2) is 6.93. The molecule has 1 heterocycles. The van der Waals surface area contributed by atoms with Gasteiger partial charge in [-0.25, -0.2) is 4.68 Å². The zero-order valence-electron chi connectivity index (χ0n) is 13.1. The molecule has 1 atom stereocenters. The minimum atomic E-state index is -0.553. The number of esters is 1. The van der Waals surface area contributed by atoms with E-state index in [1.807, 2.05) is 0 Å². The lowest BCUT2D eigenvalue weighted by Gasteiger charge is -2.27. The summed E-state index contributed by atoms with van der Waals surface area (Å²) in [6, 6.07) is 0. The largest absolute Gasteiger partial charge is 0.468 e. The summed E-state index contributed by atoms with van der Waals surface area (Å²) in [4.78, 5) is 23.2. The van der Waals surface area contributed by atoms with Crippen LogP contribution in [0.5, 0.6) is 0 Å². The Morgan fingerprint density at radius 2 is 2.14 bits per heavy atom. The molecule has 0 amide bonds. The standard InChI is InChI=1S/C14H22ClN3O3/c1-9(14(2,3)4)6-16-10-7-17-18(8-11(19)21-5)13(20)12(10)15/h7,9,16H,6,8H2,1-5H3. The van der Waals surface area contributed by atoms with E-state index in [9.17, 15) is 9.59 Å². The second-order valence-corrected chi connectivity index (χ2v) is 6.44. The van der Waals surface area contributed by atoms with Crippen LogP contribution in [0.2, 0.25) is 5.02 Å². The predicted octanol–water partition coefficient (Wildman–Crippen LogP) is 2.16. The van der Waals surface area contributed by atoms with Crippen molar-refractivity contribution in [3.05, 3.63) is 21.6 Å². The van der Waals surface area contributed by atoms with E-state index in [2.05, 4.69) is 42.8 Å². The molecule has 0 aliphatic heterocycles. The number of nitrogens with zero attached hydrogens (tertiary/aromatic N) is 2. The van der Waals surface area contributed by atoms with Crippen molar-refractivity contribution in [1.82, 2.24) is 9.78 Å². The molecule has 0 aliphatic carbocycles. The molecular weight excluding hydrogens is 294 g/mol. The van der Waals surface area contributed by atoms with Crippen LogP contribution in [-0.2, 0) is 16.1 Å². The van der Waals surface area contributed by atoms with Crippen LogP contribution in [0.3, 0.4) is 0 Å². The first-order valence-corrected chi connectivity index (χ1v) is 7.11. The van der Waals surface area contributed by atoms with Gasteiger partial charge in [-0.05, 0) is 11.3 Å². The van der Waals surface area contributed by atoms with Gasteiger partial charge in [0.15, 0.2) is 0 Å². The van der Waals surface area contributed by atoms with Gasteiger partial charge >= 0.3 is 5.97 Å². The Hall–Kier alpha value is -1.56. The molecule has 0 saturated carbocycles. The predicted molar refractivity (Wildman–Crippen MR) is 82.6 cm³/mol. The molecule has 0 aromatic carbocycles. The van der Waals surface area contributed by atoms with E-state index in [4.69, 9.17) is 11.6 Å². The number of carbonyl (C=O) groups excluding carboxylic acids is 1. The van der Waals surface area contributed by atoms with Crippen LogP contribution in [0.25, 0.3) is 0 Å². The first kappa shape index (κ1) is 17.5. The molecule has 1 aromatic rings. The highest BCUT2D eigenvalue weighted by molar-refractivity contribution is 6.32. The van der Waals surface area contributed by atoms with E-state index in [1.54, 1.807) is 0 Å². The maximum Gasteiger partial charge on any atom is 0.327 e. The fourth-order valence-corrected chi connectivity index (χ4v) is 1.67. The highest BCUT2D eigenvalue weighted by Gasteiger charge is 2.20. The van der Waals surface area contributed by atoms with Crippen molar-refractivity contribution in [3.8, 4) is 0 Å². The molecule has 0 aliphatic rings. The molecule has 21 heavy (non-hydrogen) atoms. The van der Waals surface area contributed by atoms with Crippen LogP contribution in [0.15, 0.2) is 11.0 Å². The molecule has 0 fully saturated rings. The lowest BCUT2D eigenvalue weighted by molar-refractivity contribution is -0.141. The summed E-state index contributed by atoms with van der Waals surface area (Å²) in [5, 5.41) is 7.08. The van der Waals surface area contributed by atoms with Crippen LogP contribution in [-0.4, -0.2) is 29.4 Å². The van der Waals surface area contributed by atoms with Gasteiger partial charge in [0, 0.05) is 6.54 Å². The molecule has 118 valence electrons. The molecule has 7 heteroatoms. The summed E-state index contributed by atoms with van der Waals surface area (Å²) in [7, 11) is 1.25. The lowest BCUT2D eigenvalue weighted by Crippen LogP contribution is -2.29. The highest BCUT2D eigenvalue weighted by Crippen LogP contribution is 2.26. The number of aromatic nitrogens is 2. The fourth-order valence-electron chi connectivity index (χ4n) is 1.46. The molecule has 0 radical (unpaired) electrons. The Kier molecular flexibility index (Phi) is 5.78. The van der Waals surface area contributed by atoms with Crippen molar-refractivity contribution in [1.29, 1.82) is 0 Å². The summed E-state index contributed by atoms with van der Waals surface area (Å²) in [6.45, 7) is 8.97. The molecule has 1 unspecified atom stereocenters. The zero-order chi connectivity index (χ0) is 16.2. The molecule has 1 aromatic heterocycles. The first-order valence-electron chi connectivity index (χ1n) is 6.73. The number of halogens is 1. The third-order valence-corrected chi connectivity index (χ3v) is 3.93. The topological polar surface area (TPSA) is 73.2 Å². The summed E-state index contributed by atoms with van der Waals surface area (Å²) >= 11 is 6.03. The Balaban J connectivity index is 2.85. The molecule has 6 nitrogen and oxygen atoms in total. The van der Waals surface area contributed by atoms with E-state index in [0.717, 1.165) is 4.68 Å². The van der Waals surface area contributed by atoms with Gasteiger partial charge in [-0.1, -0.05) is 39.3 Å². The van der Waals surface area contributed by atoms with Crippen molar-refractivity contribution < 1.29 is 9.53 Å². The summed E-state index contributed by atoms with van der Waals surface area (Å²) in [6.07, 6.45) is 1.45. The third-order valence-electron chi connectivity index (χ3n) is 3.57. The summed E-state index contributed by atoms with van der Waals surface area (Å²) in [5.74, 6) is -0.172. The number of hydrogen-bond donors (Lipinski definition) is 1. The van der Waals surface area contributed by atoms with Crippen molar-refractivity contribution in [2.24, 2.45) is 11.3 Å². The monoisotopic (exact) mass is 315 g/mol. The number of methoxy groups -OCH3 is 1. The minimum absolute atomic E-state index is 0.0232. The fraction of sp³-hybridized carbons (Fsp3) is 0.643. The number of nitrogens with one attached hydrogen (secondary N) is 1. The average Bonchev–Trinajstić information content (AvgIpc) is 2.41. The number of rotatable bonds is 5. The van der Waals surface area contributed by atoms with Crippen molar-refractivity contribution in [3.63, 3.8) is 0 Å². The summed E-state index contributed by atoms with van der Waals surface area (Å²) in [5.41, 5.74) is 0.0987. The Morgan fingerprint density at radius 3 is 2.67 bits per heavy atom. The third kappa shape index (κ3) is 4.74. The molecule has 0 saturated heterocycles. The van der Waals surface area contributed by atoms with E-state index < -0.39 is 11.5 Å². The van der Waals surface area contributed by atoms with Gasteiger partial charge < -0.3 is 10.1 Å². The SMILES string of the molecule is COC(=O)Cn1ncc(NCC(C)C(C)(C)C)c(Cl)c1=O. The van der Waals surface area contributed by atoms with Gasteiger partial charge in [0.25, 0.3) is 5.56 Å². The lowest BCUT2D eigenvalue weighted by atomic mass is 9.82. The average molecular weight is 316 g/mol. The van der Waals surface area contributed by atoms with Gasteiger partial charge in [-0.15, -0.1) is 0 Å². The van der Waals surface area contributed by atoms with Crippen molar-refractivity contribution in [2.75, 3.05) is 19.0 Å². The molecule has 0 bridgehead atoms.